The van der Waals surface area contributed by atoms with E-state index in [2.05, 4.69) is 30.1 Å². The van der Waals surface area contributed by atoms with Gasteiger partial charge in [-0.1, -0.05) is 25.0 Å². The molecule has 1 heterocycles. The van der Waals surface area contributed by atoms with Crippen molar-refractivity contribution in [3.63, 3.8) is 0 Å². The van der Waals surface area contributed by atoms with E-state index >= 15 is 0 Å². The third kappa shape index (κ3) is 4.74. The van der Waals surface area contributed by atoms with Crippen molar-refractivity contribution < 1.29 is 0 Å². The first kappa shape index (κ1) is 14.1. The van der Waals surface area contributed by atoms with E-state index in [9.17, 15) is 0 Å². The lowest BCUT2D eigenvalue weighted by Gasteiger charge is -2.28. The number of allylic oxidation sites excluding steroid dienone is 2. The number of piperidine rings is 1. The van der Waals surface area contributed by atoms with Crippen LogP contribution in [0.15, 0.2) is 11.6 Å². The zero-order chi connectivity index (χ0) is 12.8. The fraction of sp³-hybridized carbons (Fsp3) is 0.875. The van der Waals surface area contributed by atoms with Crippen LogP contribution in [-0.2, 0) is 0 Å². The van der Waals surface area contributed by atoms with E-state index in [4.69, 9.17) is 0 Å². The summed E-state index contributed by atoms with van der Waals surface area (Å²) in [6.45, 7) is 10.9. The molecule has 2 unspecified atom stereocenters. The van der Waals surface area contributed by atoms with Crippen molar-refractivity contribution in [1.82, 2.24) is 10.2 Å². The van der Waals surface area contributed by atoms with Gasteiger partial charge in [-0.25, -0.2) is 0 Å². The molecule has 2 atom stereocenters. The summed E-state index contributed by atoms with van der Waals surface area (Å²) >= 11 is 0. The number of nitrogens with one attached hydrogen (secondary N) is 1. The van der Waals surface area contributed by atoms with Gasteiger partial charge in [0.25, 0.3) is 0 Å². The number of hydrogen-bond acceptors (Lipinski definition) is 2. The zero-order valence-corrected chi connectivity index (χ0v) is 12.3. The smallest absolute Gasteiger partial charge is 0.0107 e. The molecule has 1 fully saturated rings. The SMILES string of the molecule is CC1=CC(C)CC(CNCCN2CCCCC2)C1. The predicted molar refractivity (Wildman–Crippen MR) is 78.8 cm³/mol. The van der Waals surface area contributed by atoms with Crippen LogP contribution in [-0.4, -0.2) is 37.6 Å². The largest absolute Gasteiger partial charge is 0.315 e. The molecule has 104 valence electrons. The Kier molecular flexibility index (Phi) is 5.71. The molecule has 1 N–H and O–H groups in total. The lowest BCUT2D eigenvalue weighted by molar-refractivity contribution is 0.226. The van der Waals surface area contributed by atoms with Crippen molar-refractivity contribution in [2.45, 2.75) is 46.0 Å². The molecule has 0 amide bonds. The van der Waals surface area contributed by atoms with E-state index in [1.807, 2.05) is 0 Å². The molecule has 1 aliphatic heterocycles. The van der Waals surface area contributed by atoms with Gasteiger partial charge in [-0.2, -0.15) is 0 Å². The summed E-state index contributed by atoms with van der Waals surface area (Å²) in [7, 11) is 0. The number of likely N-dealkylation sites (tertiary alicyclic amines) is 1. The maximum absolute atomic E-state index is 3.67. The maximum Gasteiger partial charge on any atom is 0.0107 e. The van der Waals surface area contributed by atoms with Gasteiger partial charge in [-0.15, -0.1) is 0 Å². The van der Waals surface area contributed by atoms with Crippen molar-refractivity contribution in [1.29, 1.82) is 0 Å². The second-order valence-corrected chi connectivity index (χ2v) is 6.40. The highest BCUT2D eigenvalue weighted by atomic mass is 15.1. The molecule has 0 radical (unpaired) electrons. The summed E-state index contributed by atoms with van der Waals surface area (Å²) in [4.78, 5) is 2.62. The Morgan fingerprint density at radius 3 is 2.78 bits per heavy atom. The normalized spacial score (nSPS) is 30.2. The van der Waals surface area contributed by atoms with Crippen molar-refractivity contribution in [2.75, 3.05) is 32.7 Å². The van der Waals surface area contributed by atoms with E-state index in [1.165, 1.54) is 64.8 Å². The van der Waals surface area contributed by atoms with Gasteiger partial charge >= 0.3 is 0 Å². The fourth-order valence-electron chi connectivity index (χ4n) is 3.57. The van der Waals surface area contributed by atoms with E-state index in [0.29, 0.717) is 0 Å². The molecule has 2 heteroatoms. The van der Waals surface area contributed by atoms with Gasteiger partial charge in [-0.3, -0.25) is 0 Å². The van der Waals surface area contributed by atoms with E-state index in [1.54, 1.807) is 5.57 Å². The highest BCUT2D eigenvalue weighted by Crippen LogP contribution is 2.27. The minimum Gasteiger partial charge on any atom is -0.315 e. The quantitative estimate of drug-likeness (QED) is 0.596. The monoisotopic (exact) mass is 250 g/mol. The van der Waals surface area contributed by atoms with Gasteiger partial charge in [0.05, 0.1) is 0 Å². The first-order valence-corrected chi connectivity index (χ1v) is 7.84. The van der Waals surface area contributed by atoms with Gasteiger partial charge in [0.1, 0.15) is 0 Å². The summed E-state index contributed by atoms with van der Waals surface area (Å²) < 4.78 is 0. The Bertz CT molecular complexity index is 266. The average Bonchev–Trinajstić information content (AvgIpc) is 2.35. The van der Waals surface area contributed by atoms with E-state index in [0.717, 1.165) is 11.8 Å². The Balaban J connectivity index is 1.56. The van der Waals surface area contributed by atoms with Crippen molar-refractivity contribution in [2.24, 2.45) is 11.8 Å². The third-order valence-electron chi connectivity index (χ3n) is 4.37. The summed E-state index contributed by atoms with van der Waals surface area (Å²) in [6, 6.07) is 0. The van der Waals surface area contributed by atoms with Crippen LogP contribution in [0.2, 0.25) is 0 Å². The highest BCUT2D eigenvalue weighted by Gasteiger charge is 2.17. The molecule has 0 spiro atoms. The lowest BCUT2D eigenvalue weighted by atomic mass is 9.84. The number of rotatable bonds is 5. The molecule has 2 aliphatic rings. The summed E-state index contributed by atoms with van der Waals surface area (Å²) in [6.07, 6.45) is 9.38. The molecule has 18 heavy (non-hydrogen) atoms. The topological polar surface area (TPSA) is 15.3 Å². The molecule has 0 aromatic rings. The van der Waals surface area contributed by atoms with Crippen molar-refractivity contribution >= 4 is 0 Å². The Hall–Kier alpha value is -0.340. The van der Waals surface area contributed by atoms with Gasteiger partial charge in [0, 0.05) is 13.1 Å². The van der Waals surface area contributed by atoms with Crippen LogP contribution >= 0.6 is 0 Å². The minimum atomic E-state index is 0.785. The molecule has 0 bridgehead atoms. The summed E-state index contributed by atoms with van der Waals surface area (Å²) in [5.74, 6) is 1.65. The van der Waals surface area contributed by atoms with Crippen LogP contribution < -0.4 is 5.32 Å². The first-order valence-electron chi connectivity index (χ1n) is 7.84. The molecule has 1 aliphatic carbocycles. The van der Waals surface area contributed by atoms with Crippen LogP contribution in [0.3, 0.4) is 0 Å². The second kappa shape index (κ2) is 7.30. The molecule has 2 nitrogen and oxygen atoms in total. The number of nitrogens with zero attached hydrogens (tertiary/aromatic N) is 1. The third-order valence-corrected chi connectivity index (χ3v) is 4.37. The molecule has 0 aromatic carbocycles. The van der Waals surface area contributed by atoms with Gasteiger partial charge in [-0.05, 0) is 64.1 Å². The molecule has 0 aromatic heterocycles. The van der Waals surface area contributed by atoms with Gasteiger partial charge < -0.3 is 10.2 Å². The minimum absolute atomic E-state index is 0.785. The summed E-state index contributed by atoms with van der Waals surface area (Å²) in [5, 5.41) is 3.67. The van der Waals surface area contributed by atoms with Crippen LogP contribution in [0.1, 0.15) is 46.0 Å². The molecular weight excluding hydrogens is 220 g/mol. The lowest BCUT2D eigenvalue weighted by Crippen LogP contribution is -2.37. The van der Waals surface area contributed by atoms with Crippen LogP contribution in [0, 0.1) is 11.8 Å². The van der Waals surface area contributed by atoms with Gasteiger partial charge in [0.15, 0.2) is 0 Å². The Morgan fingerprint density at radius 2 is 2.06 bits per heavy atom. The Morgan fingerprint density at radius 1 is 1.28 bits per heavy atom. The maximum atomic E-state index is 3.67. The van der Waals surface area contributed by atoms with Crippen LogP contribution in [0.4, 0.5) is 0 Å². The molecule has 2 rings (SSSR count). The average molecular weight is 250 g/mol. The zero-order valence-electron chi connectivity index (χ0n) is 12.3. The van der Waals surface area contributed by atoms with Crippen LogP contribution in [0.5, 0.6) is 0 Å². The summed E-state index contributed by atoms with van der Waals surface area (Å²) in [5.41, 5.74) is 1.59. The standard InChI is InChI=1S/C16H30N2/c1-14-10-15(2)12-16(11-14)13-17-6-9-18-7-4-3-5-8-18/h10,14,16-17H,3-9,11-13H2,1-2H3. The van der Waals surface area contributed by atoms with E-state index < -0.39 is 0 Å². The molecular formula is C16H30N2. The second-order valence-electron chi connectivity index (χ2n) is 6.40. The van der Waals surface area contributed by atoms with Crippen LogP contribution in [0.25, 0.3) is 0 Å². The van der Waals surface area contributed by atoms with Crippen molar-refractivity contribution in [3.8, 4) is 0 Å². The highest BCUT2D eigenvalue weighted by molar-refractivity contribution is 5.06. The predicted octanol–water partition coefficient (Wildman–Crippen LogP) is 3.05. The van der Waals surface area contributed by atoms with Gasteiger partial charge in [0.2, 0.25) is 0 Å². The molecule has 1 saturated heterocycles. The van der Waals surface area contributed by atoms with Crippen molar-refractivity contribution in [3.05, 3.63) is 11.6 Å². The Labute approximate surface area is 113 Å². The molecule has 0 saturated carbocycles. The fourth-order valence-corrected chi connectivity index (χ4v) is 3.57. The first-order chi connectivity index (χ1) is 8.74. The number of hydrogen-bond donors (Lipinski definition) is 1. The van der Waals surface area contributed by atoms with E-state index in [-0.39, 0.29) is 0 Å².